The van der Waals surface area contributed by atoms with Crippen LogP contribution in [-0.2, 0) is 10.9 Å². The molecule has 1 saturated heterocycles. The molecule has 0 amide bonds. The Kier molecular flexibility index (Phi) is 4.21. The van der Waals surface area contributed by atoms with E-state index in [1.54, 1.807) is 0 Å². The summed E-state index contributed by atoms with van der Waals surface area (Å²) >= 11 is 5.85. The molecule has 1 aromatic rings. The molecule has 0 N–H and O–H groups in total. The molecule has 20 heavy (non-hydrogen) atoms. The minimum absolute atomic E-state index is 0.122. The number of benzene rings is 1. The molecular formula is C14H17ClF3NO. The highest BCUT2D eigenvalue weighted by Gasteiger charge is 2.34. The van der Waals surface area contributed by atoms with Gasteiger partial charge in [-0.3, -0.25) is 0 Å². The van der Waals surface area contributed by atoms with Gasteiger partial charge in [-0.05, 0) is 38.1 Å². The predicted octanol–water partition coefficient (Wildman–Crippen LogP) is 3.93. The summed E-state index contributed by atoms with van der Waals surface area (Å²) in [7, 11) is 0. The van der Waals surface area contributed by atoms with Gasteiger partial charge in [0, 0.05) is 18.8 Å². The van der Waals surface area contributed by atoms with Gasteiger partial charge in [-0.1, -0.05) is 0 Å². The Balaban J connectivity index is 2.18. The monoisotopic (exact) mass is 307 g/mol. The van der Waals surface area contributed by atoms with E-state index in [2.05, 4.69) is 0 Å². The molecule has 0 spiro atoms. The van der Waals surface area contributed by atoms with Gasteiger partial charge >= 0.3 is 6.18 Å². The highest BCUT2D eigenvalue weighted by Crippen LogP contribution is 2.32. The fourth-order valence-corrected chi connectivity index (χ4v) is 2.59. The van der Waals surface area contributed by atoms with Crippen molar-refractivity contribution in [1.29, 1.82) is 0 Å². The lowest BCUT2D eigenvalue weighted by Gasteiger charge is -2.43. The van der Waals surface area contributed by atoms with E-state index in [4.69, 9.17) is 16.3 Å². The molecule has 1 atom stereocenters. The number of halogens is 4. The van der Waals surface area contributed by atoms with Crippen molar-refractivity contribution < 1.29 is 17.9 Å². The summed E-state index contributed by atoms with van der Waals surface area (Å²) in [6.45, 7) is 5.09. The second-order valence-corrected chi connectivity index (χ2v) is 5.89. The topological polar surface area (TPSA) is 12.5 Å². The lowest BCUT2D eigenvalue weighted by molar-refractivity contribution is -0.137. The second kappa shape index (κ2) is 5.45. The van der Waals surface area contributed by atoms with E-state index in [0.717, 1.165) is 17.8 Å². The van der Waals surface area contributed by atoms with Gasteiger partial charge < -0.3 is 9.64 Å². The Labute approximate surface area is 121 Å². The number of ether oxygens (including phenoxy) is 1. The van der Waals surface area contributed by atoms with E-state index in [1.165, 1.54) is 12.1 Å². The maximum atomic E-state index is 12.6. The molecule has 0 aliphatic carbocycles. The van der Waals surface area contributed by atoms with Crippen LogP contribution < -0.4 is 4.90 Å². The molecule has 2 nitrogen and oxygen atoms in total. The molecule has 0 aromatic heterocycles. The van der Waals surface area contributed by atoms with Crippen LogP contribution in [0.15, 0.2) is 24.3 Å². The number of anilines is 1. The van der Waals surface area contributed by atoms with Crippen LogP contribution in [0.5, 0.6) is 0 Å². The van der Waals surface area contributed by atoms with Crippen LogP contribution in [0.2, 0.25) is 0 Å². The van der Waals surface area contributed by atoms with Gasteiger partial charge in [0.15, 0.2) is 0 Å². The molecule has 112 valence electrons. The molecule has 0 radical (unpaired) electrons. The van der Waals surface area contributed by atoms with Crippen LogP contribution in [-0.4, -0.2) is 30.7 Å². The first kappa shape index (κ1) is 15.4. The lowest BCUT2D eigenvalue weighted by Crippen LogP contribution is -2.53. The largest absolute Gasteiger partial charge is 0.416 e. The van der Waals surface area contributed by atoms with Crippen molar-refractivity contribution in [3.8, 4) is 0 Å². The van der Waals surface area contributed by atoms with Gasteiger partial charge in [0.1, 0.15) is 0 Å². The first-order valence-corrected chi connectivity index (χ1v) is 6.91. The van der Waals surface area contributed by atoms with Crippen LogP contribution in [0, 0.1) is 0 Å². The molecule has 1 aromatic carbocycles. The van der Waals surface area contributed by atoms with Crippen LogP contribution in [0.3, 0.4) is 0 Å². The maximum Gasteiger partial charge on any atom is 0.416 e. The average Bonchev–Trinajstić information content (AvgIpc) is 2.36. The molecule has 0 bridgehead atoms. The number of hydrogen-bond donors (Lipinski definition) is 0. The van der Waals surface area contributed by atoms with Crippen molar-refractivity contribution in [2.45, 2.75) is 31.7 Å². The Morgan fingerprint density at radius 2 is 1.90 bits per heavy atom. The lowest BCUT2D eigenvalue weighted by atomic mass is 10.0. The Morgan fingerprint density at radius 1 is 1.30 bits per heavy atom. The number of morpholine rings is 1. The van der Waals surface area contributed by atoms with E-state index >= 15 is 0 Å². The zero-order chi connectivity index (χ0) is 15.0. The minimum Gasteiger partial charge on any atom is -0.367 e. The third kappa shape index (κ3) is 3.58. The van der Waals surface area contributed by atoms with Gasteiger partial charge in [0.25, 0.3) is 0 Å². The van der Waals surface area contributed by atoms with Gasteiger partial charge in [-0.2, -0.15) is 13.2 Å². The fourth-order valence-electron chi connectivity index (χ4n) is 2.43. The number of hydrogen-bond acceptors (Lipinski definition) is 2. The number of alkyl halides is 4. The summed E-state index contributed by atoms with van der Waals surface area (Å²) in [5.74, 6) is 0.362. The third-order valence-corrected chi connectivity index (χ3v) is 3.56. The predicted molar refractivity (Wildman–Crippen MR) is 73.3 cm³/mol. The van der Waals surface area contributed by atoms with E-state index < -0.39 is 11.7 Å². The summed E-state index contributed by atoms with van der Waals surface area (Å²) < 4.78 is 43.5. The summed E-state index contributed by atoms with van der Waals surface area (Å²) in [4.78, 5) is 2.01. The van der Waals surface area contributed by atoms with Crippen molar-refractivity contribution in [2.75, 3.05) is 23.9 Å². The fraction of sp³-hybridized carbons (Fsp3) is 0.571. The average molecular weight is 308 g/mol. The molecule has 1 unspecified atom stereocenters. The first-order chi connectivity index (χ1) is 9.21. The first-order valence-electron chi connectivity index (χ1n) is 6.37. The molecule has 1 fully saturated rings. The van der Waals surface area contributed by atoms with E-state index in [9.17, 15) is 13.2 Å². The van der Waals surface area contributed by atoms with Crippen LogP contribution in [0.4, 0.5) is 18.9 Å². The van der Waals surface area contributed by atoms with Crippen molar-refractivity contribution >= 4 is 17.3 Å². The highest BCUT2D eigenvalue weighted by atomic mass is 35.5. The normalized spacial score (nSPS) is 22.9. The molecule has 2 rings (SSSR count). The zero-order valence-corrected chi connectivity index (χ0v) is 12.1. The minimum atomic E-state index is -4.30. The van der Waals surface area contributed by atoms with Crippen molar-refractivity contribution in [2.24, 2.45) is 0 Å². The smallest absolute Gasteiger partial charge is 0.367 e. The Morgan fingerprint density at radius 3 is 2.40 bits per heavy atom. The molecule has 1 aliphatic heterocycles. The summed E-state index contributed by atoms with van der Waals surface area (Å²) in [5.41, 5.74) is -0.257. The summed E-state index contributed by atoms with van der Waals surface area (Å²) in [6, 6.07) is 5.20. The molecular weight excluding hydrogens is 291 g/mol. The van der Waals surface area contributed by atoms with Gasteiger partial charge in [0.05, 0.1) is 23.1 Å². The number of rotatable bonds is 2. The van der Waals surface area contributed by atoms with Gasteiger partial charge in [-0.15, -0.1) is 11.6 Å². The maximum absolute atomic E-state index is 12.6. The SMILES string of the molecule is CC1(C)CN(c2ccc(C(F)(F)F)cc2)CC(CCl)O1. The Hall–Kier alpha value is -0.940. The van der Waals surface area contributed by atoms with Crippen LogP contribution >= 0.6 is 11.6 Å². The van der Waals surface area contributed by atoms with Crippen LogP contribution in [0.1, 0.15) is 19.4 Å². The van der Waals surface area contributed by atoms with Crippen molar-refractivity contribution in [3.63, 3.8) is 0 Å². The quantitative estimate of drug-likeness (QED) is 0.768. The zero-order valence-electron chi connectivity index (χ0n) is 11.4. The Bertz CT molecular complexity index is 458. The molecule has 6 heteroatoms. The van der Waals surface area contributed by atoms with Crippen molar-refractivity contribution in [3.05, 3.63) is 29.8 Å². The van der Waals surface area contributed by atoms with Crippen LogP contribution in [0.25, 0.3) is 0 Å². The standard InChI is InChI=1S/C14H17ClF3NO/c1-13(2)9-19(8-12(7-15)20-13)11-5-3-10(4-6-11)14(16,17)18/h3-6,12H,7-9H2,1-2H3. The number of nitrogens with zero attached hydrogens (tertiary/aromatic N) is 1. The van der Waals surface area contributed by atoms with E-state index in [-0.39, 0.29) is 11.7 Å². The molecule has 1 heterocycles. The third-order valence-electron chi connectivity index (χ3n) is 3.21. The van der Waals surface area contributed by atoms with Gasteiger partial charge in [-0.25, -0.2) is 0 Å². The molecule has 1 aliphatic rings. The van der Waals surface area contributed by atoms with E-state index in [0.29, 0.717) is 19.0 Å². The second-order valence-electron chi connectivity index (χ2n) is 5.58. The van der Waals surface area contributed by atoms with E-state index in [1.807, 2.05) is 18.7 Å². The molecule has 0 saturated carbocycles. The van der Waals surface area contributed by atoms with Crippen molar-refractivity contribution in [1.82, 2.24) is 0 Å². The summed E-state index contributed by atoms with van der Waals surface area (Å²) in [6.07, 6.45) is -4.43. The summed E-state index contributed by atoms with van der Waals surface area (Å²) in [5, 5.41) is 0. The van der Waals surface area contributed by atoms with Gasteiger partial charge in [0.2, 0.25) is 0 Å². The highest BCUT2D eigenvalue weighted by molar-refractivity contribution is 6.18.